The van der Waals surface area contributed by atoms with Crippen LogP contribution in [0.25, 0.3) is 12.2 Å². The van der Waals surface area contributed by atoms with E-state index in [-0.39, 0.29) is 5.76 Å². The number of fused-ring (bicyclic) bond motifs is 1. The molecule has 0 amide bonds. The molecule has 0 saturated heterocycles. The van der Waals surface area contributed by atoms with Crippen molar-refractivity contribution in [2.75, 3.05) is 7.11 Å². The molecule has 3 rings (SSSR count). The first-order chi connectivity index (χ1) is 11.2. The highest BCUT2D eigenvalue weighted by Gasteiger charge is 2.18. The normalized spacial score (nSPS) is 22.4. The van der Waals surface area contributed by atoms with E-state index in [1.807, 2.05) is 61.6 Å². The lowest BCUT2D eigenvalue weighted by Crippen LogP contribution is -2.24. The van der Waals surface area contributed by atoms with Gasteiger partial charge in [0.15, 0.2) is 5.71 Å². The Morgan fingerprint density at radius 1 is 1.09 bits per heavy atom. The maximum atomic E-state index is 10.2. The summed E-state index contributed by atoms with van der Waals surface area (Å²) in [4.78, 5) is 0. The van der Waals surface area contributed by atoms with Crippen molar-refractivity contribution >= 4 is 29.4 Å². The SMILES string of the molecule is CC=c1ccc2c(c1)C(=NN=C1C=CC=CC1=[O+]C)C(O)=CC=2. The average molecular weight is 305 g/mol. The second kappa shape index (κ2) is 6.40. The topological polar surface area (TPSA) is 56.2 Å². The molecule has 0 atom stereocenters. The van der Waals surface area contributed by atoms with Crippen LogP contribution in [0.1, 0.15) is 12.5 Å². The Kier molecular flexibility index (Phi) is 4.15. The number of benzene rings is 1. The van der Waals surface area contributed by atoms with Crippen LogP contribution in [-0.2, 0) is 4.42 Å². The van der Waals surface area contributed by atoms with E-state index in [4.69, 9.17) is 4.42 Å². The summed E-state index contributed by atoms with van der Waals surface area (Å²) in [5.74, 6) is 0.739. The van der Waals surface area contributed by atoms with E-state index in [9.17, 15) is 5.11 Å². The summed E-state index contributed by atoms with van der Waals surface area (Å²) in [5, 5.41) is 20.8. The van der Waals surface area contributed by atoms with E-state index in [1.54, 1.807) is 13.2 Å². The zero-order chi connectivity index (χ0) is 16.2. The van der Waals surface area contributed by atoms with Crippen LogP contribution in [0.3, 0.4) is 0 Å². The van der Waals surface area contributed by atoms with Crippen LogP contribution in [0.2, 0.25) is 0 Å². The molecule has 1 aromatic carbocycles. The summed E-state index contributed by atoms with van der Waals surface area (Å²) in [6, 6.07) is 6.03. The van der Waals surface area contributed by atoms with Gasteiger partial charge in [-0.2, -0.15) is 0 Å². The fraction of sp³-hybridized carbons (Fsp3) is 0.105. The molecule has 114 valence electrons. The second-order valence-electron chi connectivity index (χ2n) is 5.07. The van der Waals surface area contributed by atoms with Gasteiger partial charge < -0.3 is 5.11 Å². The van der Waals surface area contributed by atoms with Gasteiger partial charge in [0.2, 0.25) is 0 Å². The molecule has 0 heterocycles. The van der Waals surface area contributed by atoms with Crippen molar-refractivity contribution in [3.63, 3.8) is 0 Å². The molecule has 0 bridgehead atoms. The fourth-order valence-corrected chi connectivity index (χ4v) is 2.41. The molecule has 23 heavy (non-hydrogen) atoms. The minimum absolute atomic E-state index is 0.101. The number of ketones is 1. The number of hydrogen-bond acceptors (Lipinski definition) is 3. The first-order valence-corrected chi connectivity index (χ1v) is 7.33. The third-order valence-electron chi connectivity index (χ3n) is 3.67. The van der Waals surface area contributed by atoms with E-state index >= 15 is 0 Å². The number of hydrogen-bond donors (Lipinski definition) is 1. The minimum Gasteiger partial charge on any atom is -0.506 e. The molecular formula is C19H17N2O2+. The smallest absolute Gasteiger partial charge is 0.370 e. The Balaban J connectivity index is 2.12. The van der Waals surface area contributed by atoms with Crippen LogP contribution in [0.15, 0.2) is 64.5 Å². The number of allylic oxidation sites excluding steroid dienone is 6. The summed E-state index contributed by atoms with van der Waals surface area (Å²) in [5.41, 5.74) is 1.93. The van der Waals surface area contributed by atoms with Gasteiger partial charge in [0.05, 0.1) is 0 Å². The largest absolute Gasteiger partial charge is 0.506 e. The Labute approximate surface area is 134 Å². The van der Waals surface area contributed by atoms with E-state index < -0.39 is 0 Å². The minimum atomic E-state index is 0.101. The number of nitrogens with zero attached hydrogens (tertiary/aromatic N) is 2. The predicted octanol–water partition coefficient (Wildman–Crippen LogP) is 1.73. The van der Waals surface area contributed by atoms with Crippen molar-refractivity contribution in [2.24, 2.45) is 10.2 Å². The zero-order valence-corrected chi connectivity index (χ0v) is 13.0. The first kappa shape index (κ1) is 14.9. The molecule has 0 aliphatic heterocycles. The molecule has 4 heteroatoms. The lowest BCUT2D eigenvalue weighted by molar-refractivity contribution is -0.416. The van der Waals surface area contributed by atoms with Crippen molar-refractivity contribution in [1.29, 1.82) is 0 Å². The molecule has 4 nitrogen and oxygen atoms in total. The van der Waals surface area contributed by atoms with Crippen LogP contribution in [0, 0.1) is 0 Å². The Morgan fingerprint density at radius 2 is 1.91 bits per heavy atom. The highest BCUT2D eigenvalue weighted by molar-refractivity contribution is 6.48. The third-order valence-corrected chi connectivity index (χ3v) is 3.67. The van der Waals surface area contributed by atoms with Crippen molar-refractivity contribution in [2.45, 2.75) is 6.92 Å². The van der Waals surface area contributed by atoms with Gasteiger partial charge in [-0.3, -0.25) is 4.42 Å². The van der Waals surface area contributed by atoms with E-state index in [0.717, 1.165) is 16.0 Å². The summed E-state index contributed by atoms with van der Waals surface area (Å²) in [6.07, 6.45) is 12.9. The fourth-order valence-electron chi connectivity index (χ4n) is 2.41. The van der Waals surface area contributed by atoms with Gasteiger partial charge in [0.1, 0.15) is 11.5 Å². The number of aliphatic hydroxyl groups excluding tert-OH is 1. The molecule has 0 saturated carbocycles. The van der Waals surface area contributed by atoms with E-state index in [0.29, 0.717) is 17.2 Å². The van der Waals surface area contributed by atoms with Crippen molar-refractivity contribution < 1.29 is 9.53 Å². The van der Waals surface area contributed by atoms with Crippen molar-refractivity contribution in [3.8, 4) is 0 Å². The van der Waals surface area contributed by atoms with Crippen LogP contribution in [-0.4, -0.2) is 29.4 Å². The quantitative estimate of drug-likeness (QED) is 0.479. The molecule has 2 aliphatic rings. The zero-order valence-electron chi connectivity index (χ0n) is 13.0. The van der Waals surface area contributed by atoms with E-state index in [1.165, 1.54) is 0 Å². The van der Waals surface area contributed by atoms with Gasteiger partial charge >= 0.3 is 5.78 Å². The average Bonchev–Trinajstić information content (AvgIpc) is 2.60. The van der Waals surface area contributed by atoms with Gasteiger partial charge in [0.25, 0.3) is 7.11 Å². The molecule has 0 aromatic heterocycles. The Bertz CT molecular complexity index is 942. The highest BCUT2D eigenvalue weighted by Crippen LogP contribution is 2.08. The van der Waals surface area contributed by atoms with Crippen LogP contribution in [0.4, 0.5) is 0 Å². The van der Waals surface area contributed by atoms with Gasteiger partial charge in [-0.1, -0.05) is 36.4 Å². The van der Waals surface area contributed by atoms with Crippen molar-refractivity contribution in [1.82, 2.24) is 0 Å². The number of aliphatic hydroxyl groups is 1. The molecule has 1 aromatic rings. The molecule has 0 spiro atoms. The third kappa shape index (κ3) is 2.97. The Morgan fingerprint density at radius 3 is 2.70 bits per heavy atom. The monoisotopic (exact) mass is 305 g/mol. The molecule has 0 radical (unpaired) electrons. The molecule has 2 aliphatic carbocycles. The number of carbonyl (C=O) groups excluding carboxylic acids is 1. The molecule has 0 fully saturated rings. The predicted molar refractivity (Wildman–Crippen MR) is 94.2 cm³/mol. The van der Waals surface area contributed by atoms with E-state index in [2.05, 4.69) is 10.2 Å². The lowest BCUT2D eigenvalue weighted by atomic mass is 10.00. The molecular weight excluding hydrogens is 288 g/mol. The van der Waals surface area contributed by atoms with Gasteiger partial charge in [0, 0.05) is 11.6 Å². The standard InChI is InChI=1S/C19H16N2O2/c1-3-13-8-9-14-10-11-17(22)19(15(14)12-13)21-20-16-6-4-5-7-18(16)23-2/h3-12H,1-2H3/p+1. The summed E-state index contributed by atoms with van der Waals surface area (Å²) >= 11 is 0. The second-order valence-corrected chi connectivity index (χ2v) is 5.07. The van der Waals surface area contributed by atoms with Crippen LogP contribution in [0.5, 0.6) is 0 Å². The number of rotatable bonds is 1. The van der Waals surface area contributed by atoms with Crippen LogP contribution < -0.4 is 10.4 Å². The van der Waals surface area contributed by atoms with Gasteiger partial charge in [-0.05, 0) is 35.6 Å². The maximum Gasteiger partial charge on any atom is 0.370 e. The van der Waals surface area contributed by atoms with Crippen LogP contribution >= 0.6 is 0 Å². The summed E-state index contributed by atoms with van der Waals surface area (Å²) in [6.45, 7) is 1.97. The first-order valence-electron chi connectivity index (χ1n) is 7.33. The summed E-state index contributed by atoms with van der Waals surface area (Å²) in [7, 11) is 1.59. The summed E-state index contributed by atoms with van der Waals surface area (Å²) < 4.78 is 5.27. The lowest BCUT2D eigenvalue weighted by Gasteiger charge is -2.09. The van der Waals surface area contributed by atoms with Gasteiger partial charge in [-0.15, -0.1) is 10.2 Å². The van der Waals surface area contributed by atoms with Gasteiger partial charge in [-0.25, -0.2) is 0 Å². The Hall–Kier alpha value is -3.01. The maximum absolute atomic E-state index is 10.2. The molecule has 0 unspecified atom stereocenters. The van der Waals surface area contributed by atoms with Crippen molar-refractivity contribution in [3.05, 3.63) is 70.3 Å². The highest BCUT2D eigenvalue weighted by atomic mass is 16.4. The molecule has 1 N–H and O–H groups in total.